The third-order valence-electron chi connectivity index (χ3n) is 4.64. The van der Waals surface area contributed by atoms with E-state index in [1.165, 1.54) is 10.8 Å². The monoisotopic (exact) mass is 378 g/mol. The average molecular weight is 379 g/mol. The van der Waals surface area contributed by atoms with Crippen LogP contribution in [0.1, 0.15) is 11.1 Å². The molecule has 0 saturated heterocycles. The first-order valence-corrected chi connectivity index (χ1v) is 9.10. The summed E-state index contributed by atoms with van der Waals surface area (Å²) in [5, 5.41) is 5.84. The maximum Gasteiger partial charge on any atom is 0.224 e. The van der Waals surface area contributed by atoms with Crippen LogP contribution >= 0.6 is 11.6 Å². The summed E-state index contributed by atoms with van der Waals surface area (Å²) in [6.07, 6.45) is 0.329. The molecule has 0 atom stereocenters. The lowest BCUT2D eigenvalue weighted by Gasteiger charge is -2.08. The summed E-state index contributed by atoms with van der Waals surface area (Å²) in [5.41, 5.74) is 4.05. The van der Waals surface area contributed by atoms with Crippen molar-refractivity contribution in [3.8, 4) is 5.75 Å². The summed E-state index contributed by atoms with van der Waals surface area (Å²) >= 11 is 6.12. The Morgan fingerprint density at radius 3 is 2.59 bits per heavy atom. The number of hydrogen-bond acceptors (Lipinski definition) is 2. The van der Waals surface area contributed by atoms with Crippen molar-refractivity contribution in [1.82, 2.24) is 10.3 Å². The minimum Gasteiger partial charge on any atom is -0.495 e. The number of amides is 1. The highest BCUT2D eigenvalue weighted by Crippen LogP contribution is 2.26. The Balaban J connectivity index is 1.44. The summed E-state index contributed by atoms with van der Waals surface area (Å²) in [5.74, 6) is 0.593. The first-order valence-electron chi connectivity index (χ1n) is 8.72. The summed E-state index contributed by atoms with van der Waals surface area (Å²) in [6, 6.07) is 19.8. The molecule has 2 N–H and O–H groups in total. The van der Waals surface area contributed by atoms with Gasteiger partial charge in [-0.05, 0) is 35.4 Å². The average Bonchev–Trinajstić information content (AvgIpc) is 3.04. The largest absolute Gasteiger partial charge is 0.495 e. The SMILES string of the molecule is COc1ccc(CNC(=O)Cc2ccc3c(c2)[nH]c2ccccc23)cc1Cl. The van der Waals surface area contributed by atoms with Gasteiger partial charge in [0, 0.05) is 28.4 Å². The van der Waals surface area contributed by atoms with E-state index in [4.69, 9.17) is 16.3 Å². The Kier molecular flexibility index (Phi) is 4.73. The van der Waals surface area contributed by atoms with E-state index in [0.717, 1.165) is 22.2 Å². The summed E-state index contributed by atoms with van der Waals surface area (Å²) in [7, 11) is 1.58. The van der Waals surface area contributed by atoms with Gasteiger partial charge in [-0.3, -0.25) is 4.79 Å². The highest BCUT2D eigenvalue weighted by atomic mass is 35.5. The van der Waals surface area contributed by atoms with Crippen LogP contribution in [0.15, 0.2) is 60.7 Å². The highest BCUT2D eigenvalue weighted by Gasteiger charge is 2.08. The number of hydrogen-bond donors (Lipinski definition) is 2. The fraction of sp³-hybridized carbons (Fsp3) is 0.136. The molecule has 0 aliphatic carbocycles. The highest BCUT2D eigenvalue weighted by molar-refractivity contribution is 6.32. The number of rotatable bonds is 5. The van der Waals surface area contributed by atoms with Gasteiger partial charge in [-0.15, -0.1) is 0 Å². The minimum absolute atomic E-state index is 0.0302. The van der Waals surface area contributed by atoms with Crippen molar-refractivity contribution in [2.24, 2.45) is 0 Å². The molecule has 5 heteroatoms. The second-order valence-electron chi connectivity index (χ2n) is 6.47. The van der Waals surface area contributed by atoms with Crippen LogP contribution in [0, 0.1) is 0 Å². The van der Waals surface area contributed by atoms with Crippen LogP contribution in [0.25, 0.3) is 21.8 Å². The van der Waals surface area contributed by atoms with Crippen LogP contribution in [-0.2, 0) is 17.8 Å². The molecule has 0 radical (unpaired) electrons. The molecule has 0 saturated carbocycles. The molecule has 136 valence electrons. The van der Waals surface area contributed by atoms with Crippen molar-refractivity contribution < 1.29 is 9.53 Å². The molecule has 27 heavy (non-hydrogen) atoms. The fourth-order valence-electron chi connectivity index (χ4n) is 3.28. The maximum absolute atomic E-state index is 12.3. The number of ether oxygens (including phenoxy) is 1. The van der Waals surface area contributed by atoms with E-state index in [9.17, 15) is 4.79 Å². The second kappa shape index (κ2) is 7.33. The van der Waals surface area contributed by atoms with Crippen molar-refractivity contribution >= 4 is 39.3 Å². The molecule has 0 spiro atoms. The van der Waals surface area contributed by atoms with Gasteiger partial charge in [-0.25, -0.2) is 0 Å². The van der Waals surface area contributed by atoms with Gasteiger partial charge < -0.3 is 15.0 Å². The van der Waals surface area contributed by atoms with Gasteiger partial charge in [-0.2, -0.15) is 0 Å². The Morgan fingerprint density at radius 2 is 1.78 bits per heavy atom. The van der Waals surface area contributed by atoms with Crippen molar-refractivity contribution in [3.63, 3.8) is 0 Å². The van der Waals surface area contributed by atoms with E-state index >= 15 is 0 Å². The van der Waals surface area contributed by atoms with Gasteiger partial charge in [0.1, 0.15) is 5.75 Å². The molecule has 0 aliphatic rings. The number of halogens is 1. The molecule has 0 unspecified atom stereocenters. The summed E-state index contributed by atoms with van der Waals surface area (Å²) in [6.45, 7) is 0.428. The molecule has 1 amide bonds. The lowest BCUT2D eigenvalue weighted by Crippen LogP contribution is -2.24. The lowest BCUT2D eigenvalue weighted by atomic mass is 10.1. The van der Waals surface area contributed by atoms with Gasteiger partial charge >= 0.3 is 0 Å². The van der Waals surface area contributed by atoms with Crippen molar-refractivity contribution in [3.05, 3.63) is 76.8 Å². The Bertz CT molecular complexity index is 1130. The quantitative estimate of drug-likeness (QED) is 0.522. The molecule has 4 aromatic rings. The van der Waals surface area contributed by atoms with Crippen molar-refractivity contribution in [1.29, 1.82) is 0 Å². The number of nitrogens with one attached hydrogen (secondary N) is 2. The Hall–Kier alpha value is -2.98. The first kappa shape index (κ1) is 17.4. The number of benzene rings is 3. The van der Waals surface area contributed by atoms with Crippen LogP contribution in [-0.4, -0.2) is 18.0 Å². The zero-order chi connectivity index (χ0) is 18.8. The standard InChI is InChI=1S/C22H19ClN2O2/c1-27-21-9-7-15(10-18(21)23)13-24-22(26)12-14-6-8-17-16-4-2-3-5-19(16)25-20(17)11-14/h2-11,25H,12-13H2,1H3,(H,24,26). The Labute approximate surface area is 162 Å². The van der Waals surface area contributed by atoms with Gasteiger partial charge in [0.2, 0.25) is 5.91 Å². The van der Waals surface area contributed by atoms with Crippen LogP contribution < -0.4 is 10.1 Å². The van der Waals surface area contributed by atoms with Crippen LogP contribution in [0.5, 0.6) is 5.75 Å². The van der Waals surface area contributed by atoms with E-state index in [0.29, 0.717) is 23.7 Å². The summed E-state index contributed by atoms with van der Waals surface area (Å²) < 4.78 is 5.14. The molecule has 1 aromatic heterocycles. The number of H-pyrrole nitrogens is 1. The van der Waals surface area contributed by atoms with E-state index < -0.39 is 0 Å². The zero-order valence-electron chi connectivity index (χ0n) is 14.9. The van der Waals surface area contributed by atoms with E-state index in [1.54, 1.807) is 19.2 Å². The Morgan fingerprint density at radius 1 is 1.00 bits per heavy atom. The number of carbonyl (C=O) groups excluding carboxylic acids is 1. The van der Waals surface area contributed by atoms with E-state index in [-0.39, 0.29) is 5.91 Å². The molecule has 0 aliphatic heterocycles. The van der Waals surface area contributed by atoms with E-state index in [1.807, 2.05) is 30.3 Å². The number of aromatic nitrogens is 1. The van der Waals surface area contributed by atoms with Gasteiger partial charge in [0.15, 0.2) is 0 Å². The normalized spacial score (nSPS) is 11.0. The molecule has 4 rings (SSSR count). The molecular weight excluding hydrogens is 360 g/mol. The lowest BCUT2D eigenvalue weighted by molar-refractivity contribution is -0.120. The number of methoxy groups -OCH3 is 1. The third-order valence-corrected chi connectivity index (χ3v) is 4.94. The number of para-hydroxylation sites is 1. The van der Waals surface area contributed by atoms with Crippen molar-refractivity contribution in [2.75, 3.05) is 7.11 Å². The van der Waals surface area contributed by atoms with Crippen LogP contribution in [0.4, 0.5) is 0 Å². The second-order valence-corrected chi connectivity index (χ2v) is 6.88. The number of carbonyl (C=O) groups is 1. The molecular formula is C22H19ClN2O2. The molecule has 3 aromatic carbocycles. The summed E-state index contributed by atoms with van der Waals surface area (Å²) in [4.78, 5) is 15.7. The van der Waals surface area contributed by atoms with E-state index in [2.05, 4.69) is 28.5 Å². The van der Waals surface area contributed by atoms with Crippen LogP contribution in [0.2, 0.25) is 5.02 Å². The minimum atomic E-state index is -0.0302. The molecule has 1 heterocycles. The van der Waals surface area contributed by atoms with Crippen LogP contribution in [0.3, 0.4) is 0 Å². The molecule has 0 fully saturated rings. The predicted octanol–water partition coefficient (Wildman–Crippen LogP) is 4.84. The maximum atomic E-state index is 12.3. The first-order chi connectivity index (χ1) is 13.1. The zero-order valence-corrected chi connectivity index (χ0v) is 15.6. The fourth-order valence-corrected chi connectivity index (χ4v) is 3.56. The van der Waals surface area contributed by atoms with Gasteiger partial charge in [0.25, 0.3) is 0 Å². The topological polar surface area (TPSA) is 54.1 Å². The van der Waals surface area contributed by atoms with Gasteiger partial charge in [0.05, 0.1) is 18.6 Å². The molecule has 0 bridgehead atoms. The predicted molar refractivity (Wildman–Crippen MR) is 109 cm³/mol. The number of aromatic amines is 1. The third kappa shape index (κ3) is 3.62. The van der Waals surface area contributed by atoms with Crippen molar-refractivity contribution in [2.45, 2.75) is 13.0 Å². The smallest absolute Gasteiger partial charge is 0.224 e. The molecule has 4 nitrogen and oxygen atoms in total. The number of fused-ring (bicyclic) bond motifs is 3. The van der Waals surface area contributed by atoms with Gasteiger partial charge in [-0.1, -0.05) is 48.0 Å².